The molecule has 2 aromatic rings. The fourth-order valence-electron chi connectivity index (χ4n) is 5.03. The van der Waals surface area contributed by atoms with Crippen LogP contribution in [-0.4, -0.2) is 51.1 Å². The van der Waals surface area contributed by atoms with Gasteiger partial charge in [0.2, 0.25) is 0 Å². The fourth-order valence-corrected chi connectivity index (χ4v) is 5.03. The van der Waals surface area contributed by atoms with Crippen molar-refractivity contribution < 1.29 is 14.7 Å². The summed E-state index contributed by atoms with van der Waals surface area (Å²) in [6.45, 7) is 3.93. The first-order valence-electron chi connectivity index (χ1n) is 10.3. The lowest BCUT2D eigenvalue weighted by Gasteiger charge is -2.38. The van der Waals surface area contributed by atoms with E-state index in [4.69, 9.17) is 5.11 Å². The zero-order valence-corrected chi connectivity index (χ0v) is 16.8. The molecule has 2 bridgehead atoms. The Kier molecular flexibility index (Phi) is 5.17. The van der Waals surface area contributed by atoms with E-state index < -0.39 is 5.97 Å². The number of aliphatic carboxylic acids is 1. The van der Waals surface area contributed by atoms with Crippen LogP contribution < -0.4 is 10.9 Å². The molecule has 4 rings (SSSR count). The Bertz CT molecular complexity index is 999. The van der Waals surface area contributed by atoms with E-state index in [9.17, 15) is 14.4 Å². The molecule has 2 aliphatic rings. The molecule has 0 saturated carbocycles. The first kappa shape index (κ1) is 19.6. The van der Waals surface area contributed by atoms with Gasteiger partial charge in [0.05, 0.1) is 12.1 Å². The molecule has 0 radical (unpaired) electrons. The standard InChI is InChI=1S/C22H27N3O4/c1-13(2)25-19-6-4-3-5-14(19)9-18(22(25)29)21(28)23-15-10-16-7-8-17(11-15)24(16)12-20(26)27/h3-6,9,13,15-17H,7-8,10-12H2,1-2H3,(H,23,28)(H,26,27)/t15?,16-,17+. The van der Waals surface area contributed by atoms with Crippen LogP contribution in [0.4, 0.5) is 0 Å². The molecule has 7 heteroatoms. The minimum Gasteiger partial charge on any atom is -0.480 e. The highest BCUT2D eigenvalue weighted by Crippen LogP contribution is 2.35. The lowest BCUT2D eigenvalue weighted by Crippen LogP contribution is -2.52. The molecule has 1 amide bonds. The molecule has 29 heavy (non-hydrogen) atoms. The Labute approximate surface area is 169 Å². The molecule has 0 spiro atoms. The maximum absolute atomic E-state index is 13.1. The van der Waals surface area contributed by atoms with Crippen molar-refractivity contribution in [3.63, 3.8) is 0 Å². The number of para-hydroxylation sites is 1. The summed E-state index contributed by atoms with van der Waals surface area (Å²) < 4.78 is 1.67. The van der Waals surface area contributed by atoms with Crippen molar-refractivity contribution >= 4 is 22.8 Å². The summed E-state index contributed by atoms with van der Waals surface area (Å²) in [5, 5.41) is 13.0. The Morgan fingerprint density at radius 2 is 1.83 bits per heavy atom. The molecule has 3 heterocycles. The lowest BCUT2D eigenvalue weighted by molar-refractivity contribution is -0.139. The van der Waals surface area contributed by atoms with Crippen molar-refractivity contribution in [2.75, 3.05) is 6.54 Å². The molecular weight excluding hydrogens is 370 g/mol. The SMILES string of the molecule is CC(C)n1c(=O)c(C(=O)NC2C[C@H]3CC[C@@H](C2)N3CC(=O)O)cc2ccccc21. The monoisotopic (exact) mass is 397 g/mol. The van der Waals surface area contributed by atoms with E-state index in [1.807, 2.05) is 43.0 Å². The van der Waals surface area contributed by atoms with Gasteiger partial charge in [-0.1, -0.05) is 18.2 Å². The number of hydrogen-bond acceptors (Lipinski definition) is 4. The van der Waals surface area contributed by atoms with E-state index >= 15 is 0 Å². The molecule has 3 atom stereocenters. The number of benzene rings is 1. The minimum atomic E-state index is -0.810. The van der Waals surface area contributed by atoms with Gasteiger partial charge in [-0.25, -0.2) is 0 Å². The van der Waals surface area contributed by atoms with Crippen molar-refractivity contribution in [2.24, 2.45) is 0 Å². The summed E-state index contributed by atoms with van der Waals surface area (Å²) in [6.07, 6.45) is 3.36. The van der Waals surface area contributed by atoms with Crippen LogP contribution in [0.3, 0.4) is 0 Å². The number of carboxylic acid groups (broad SMARTS) is 1. The molecule has 2 saturated heterocycles. The smallest absolute Gasteiger partial charge is 0.317 e. The highest BCUT2D eigenvalue weighted by atomic mass is 16.4. The van der Waals surface area contributed by atoms with E-state index in [1.165, 1.54) is 0 Å². The third-order valence-corrected chi connectivity index (χ3v) is 6.24. The Morgan fingerprint density at radius 3 is 2.45 bits per heavy atom. The zero-order valence-electron chi connectivity index (χ0n) is 16.8. The molecule has 2 aliphatic heterocycles. The number of pyridine rings is 1. The normalized spacial score (nSPS) is 24.2. The number of carboxylic acids is 1. The van der Waals surface area contributed by atoms with Crippen LogP contribution in [0.25, 0.3) is 10.9 Å². The highest BCUT2D eigenvalue weighted by molar-refractivity contribution is 5.97. The van der Waals surface area contributed by atoms with Crippen LogP contribution >= 0.6 is 0 Å². The summed E-state index contributed by atoms with van der Waals surface area (Å²) in [6, 6.07) is 9.54. The van der Waals surface area contributed by atoms with Gasteiger partial charge in [0.15, 0.2) is 0 Å². The Morgan fingerprint density at radius 1 is 1.17 bits per heavy atom. The van der Waals surface area contributed by atoms with Crippen molar-refractivity contribution in [3.8, 4) is 0 Å². The molecule has 154 valence electrons. The van der Waals surface area contributed by atoms with Gasteiger partial charge in [0.25, 0.3) is 11.5 Å². The van der Waals surface area contributed by atoms with E-state index in [0.717, 1.165) is 36.6 Å². The average molecular weight is 397 g/mol. The van der Waals surface area contributed by atoms with E-state index in [-0.39, 0.29) is 47.7 Å². The van der Waals surface area contributed by atoms with Gasteiger partial charge in [-0.05, 0) is 57.0 Å². The third-order valence-electron chi connectivity index (χ3n) is 6.24. The predicted octanol–water partition coefficient (Wildman–Crippen LogP) is 2.39. The molecule has 2 N–H and O–H groups in total. The van der Waals surface area contributed by atoms with Gasteiger partial charge in [0.1, 0.15) is 5.56 Å². The summed E-state index contributed by atoms with van der Waals surface area (Å²) in [5.74, 6) is -1.15. The number of fused-ring (bicyclic) bond motifs is 3. The summed E-state index contributed by atoms with van der Waals surface area (Å²) >= 11 is 0. The number of rotatable bonds is 5. The van der Waals surface area contributed by atoms with Gasteiger partial charge < -0.3 is 15.0 Å². The second-order valence-electron chi connectivity index (χ2n) is 8.48. The van der Waals surface area contributed by atoms with E-state index in [1.54, 1.807) is 10.6 Å². The van der Waals surface area contributed by atoms with E-state index in [2.05, 4.69) is 5.32 Å². The first-order chi connectivity index (χ1) is 13.8. The number of piperidine rings is 1. The third kappa shape index (κ3) is 3.67. The maximum atomic E-state index is 13.1. The van der Waals surface area contributed by atoms with Gasteiger partial charge in [-0.2, -0.15) is 0 Å². The second-order valence-corrected chi connectivity index (χ2v) is 8.48. The van der Waals surface area contributed by atoms with Gasteiger partial charge in [0, 0.05) is 24.2 Å². The largest absolute Gasteiger partial charge is 0.480 e. The highest BCUT2D eigenvalue weighted by Gasteiger charge is 2.41. The van der Waals surface area contributed by atoms with Gasteiger partial charge in [-0.3, -0.25) is 19.3 Å². The van der Waals surface area contributed by atoms with Crippen LogP contribution in [0.15, 0.2) is 35.1 Å². The average Bonchev–Trinajstić information content (AvgIpc) is 2.88. The van der Waals surface area contributed by atoms with Crippen molar-refractivity contribution in [1.82, 2.24) is 14.8 Å². The lowest BCUT2D eigenvalue weighted by atomic mass is 9.97. The Balaban J connectivity index is 1.57. The van der Waals surface area contributed by atoms with Crippen molar-refractivity contribution in [1.29, 1.82) is 0 Å². The van der Waals surface area contributed by atoms with Crippen LogP contribution in [0.5, 0.6) is 0 Å². The van der Waals surface area contributed by atoms with E-state index in [0.29, 0.717) is 0 Å². The number of carbonyl (C=O) groups excluding carboxylic acids is 1. The molecule has 1 aromatic carbocycles. The van der Waals surface area contributed by atoms with Crippen molar-refractivity contribution in [2.45, 2.75) is 63.7 Å². The minimum absolute atomic E-state index is 0.0385. The number of carbonyl (C=O) groups is 2. The molecular formula is C22H27N3O4. The number of amides is 1. The van der Waals surface area contributed by atoms with Crippen LogP contribution in [-0.2, 0) is 4.79 Å². The second kappa shape index (κ2) is 7.63. The maximum Gasteiger partial charge on any atom is 0.317 e. The van der Waals surface area contributed by atoms with Crippen LogP contribution in [0.2, 0.25) is 0 Å². The number of nitrogens with one attached hydrogen (secondary N) is 1. The van der Waals surface area contributed by atoms with Crippen LogP contribution in [0.1, 0.15) is 55.9 Å². The molecule has 1 aromatic heterocycles. The fraction of sp³-hybridized carbons (Fsp3) is 0.500. The molecule has 2 fully saturated rings. The quantitative estimate of drug-likeness (QED) is 0.808. The first-order valence-corrected chi connectivity index (χ1v) is 10.3. The number of hydrogen-bond donors (Lipinski definition) is 2. The number of nitrogens with zero attached hydrogens (tertiary/aromatic N) is 2. The predicted molar refractivity (Wildman–Crippen MR) is 110 cm³/mol. The van der Waals surface area contributed by atoms with Gasteiger partial charge >= 0.3 is 5.97 Å². The van der Waals surface area contributed by atoms with Crippen LogP contribution in [0, 0.1) is 0 Å². The summed E-state index contributed by atoms with van der Waals surface area (Å²) in [7, 11) is 0. The summed E-state index contributed by atoms with van der Waals surface area (Å²) in [5.41, 5.74) is 0.712. The topological polar surface area (TPSA) is 91.6 Å². The molecule has 1 unspecified atom stereocenters. The molecule has 7 nitrogen and oxygen atoms in total. The summed E-state index contributed by atoms with van der Waals surface area (Å²) in [4.78, 5) is 39.2. The molecule has 0 aliphatic carbocycles. The van der Waals surface area contributed by atoms with Gasteiger partial charge in [-0.15, -0.1) is 0 Å². The number of aromatic nitrogens is 1. The van der Waals surface area contributed by atoms with Crippen molar-refractivity contribution in [3.05, 3.63) is 46.2 Å². The zero-order chi connectivity index (χ0) is 20.7. The Hall–Kier alpha value is -2.67.